The number of amides is 3. The Balaban J connectivity index is 1.04. The van der Waals surface area contributed by atoms with E-state index in [9.17, 15) is 14.4 Å². The Morgan fingerprint density at radius 3 is 2.37 bits per heavy atom. The number of aromatic nitrogens is 3. The fraction of sp³-hybridized carbons (Fsp3) is 0.488. The molecule has 16 heteroatoms. The molecule has 8 rings (SSSR count). The van der Waals surface area contributed by atoms with Gasteiger partial charge in [-0.1, -0.05) is 25.1 Å². The first-order chi connectivity index (χ1) is 27.3. The van der Waals surface area contributed by atoms with Gasteiger partial charge in [0.05, 0.1) is 56.7 Å². The molecule has 294 valence electrons. The molecule has 0 bridgehead atoms. The van der Waals surface area contributed by atoms with Gasteiger partial charge in [-0.25, -0.2) is 4.98 Å². The number of nitrogens with two attached hydrogens (primary N) is 2. The third-order valence-electron chi connectivity index (χ3n) is 12.0. The standard InChI is InChI=1S/C41H51B2N11O3/c1-4-32-37-28(22-46-54(37)26-17-19-53(20-18-26)41(42,43)33-10-6-9-30(49-33)40(57)51(2)25-15-16-25)27-7-5-8-29(36(27)52(32)3)48-31(35(45)39(56)47-24-13-14-24)21-34(44)50-38(55)23-11-12-23/h5-10,21-26,32,48H,4,11-20,44-45H2,1-3H3,(H,47,56)(H,50,55)/b34-21+,35-31+. The zero-order valence-electron chi connectivity index (χ0n) is 33.0. The molecule has 4 radical (unpaired) electrons. The number of nitrogens with one attached hydrogen (secondary N) is 3. The molecule has 0 spiro atoms. The number of rotatable bonds is 13. The topological polar surface area (TPSA) is 180 Å². The second kappa shape index (κ2) is 15.3. The number of carbonyl (C=O) groups is 3. The lowest BCUT2D eigenvalue weighted by Crippen LogP contribution is -2.51. The molecule has 4 heterocycles. The van der Waals surface area contributed by atoms with Gasteiger partial charge < -0.3 is 42.1 Å². The largest absolute Gasteiger partial charge is 0.393 e. The van der Waals surface area contributed by atoms with Crippen molar-refractivity contribution in [3.05, 3.63) is 83.0 Å². The van der Waals surface area contributed by atoms with Crippen molar-refractivity contribution in [3.63, 3.8) is 0 Å². The van der Waals surface area contributed by atoms with E-state index in [4.69, 9.17) is 32.3 Å². The predicted molar refractivity (Wildman–Crippen MR) is 221 cm³/mol. The Morgan fingerprint density at radius 2 is 1.70 bits per heavy atom. The van der Waals surface area contributed by atoms with Gasteiger partial charge in [0.2, 0.25) is 5.91 Å². The third kappa shape index (κ3) is 7.75. The van der Waals surface area contributed by atoms with E-state index >= 15 is 0 Å². The van der Waals surface area contributed by atoms with Crippen LogP contribution in [0.4, 0.5) is 11.4 Å². The van der Waals surface area contributed by atoms with Crippen LogP contribution in [0.15, 0.2) is 65.9 Å². The molecule has 3 saturated carbocycles. The molecule has 7 N–H and O–H groups in total. The SMILES string of the molecule is [B]C([B])(c1cccc(C(=O)N(C)C2CC2)n1)N1CCC(n2ncc3c2C(CC)N(C)c2c(NC(/C=C(\N)NC(=O)C4CC4)=C(/N)C(=O)NC4CC4)cccc2-3)CC1. The number of benzene rings is 1. The van der Waals surface area contributed by atoms with Gasteiger partial charge in [0.1, 0.15) is 17.2 Å². The smallest absolute Gasteiger partial charge is 0.272 e. The van der Waals surface area contributed by atoms with Gasteiger partial charge in [-0.15, -0.1) is 0 Å². The summed E-state index contributed by atoms with van der Waals surface area (Å²) in [6.07, 6.45) is 11.3. The molecule has 5 aliphatic rings. The highest BCUT2D eigenvalue weighted by molar-refractivity contribution is 6.39. The fourth-order valence-electron chi connectivity index (χ4n) is 8.20. The van der Waals surface area contributed by atoms with E-state index in [1.165, 1.54) is 6.08 Å². The highest BCUT2D eigenvalue weighted by Gasteiger charge is 2.39. The van der Waals surface area contributed by atoms with Gasteiger partial charge in [0, 0.05) is 55.0 Å². The van der Waals surface area contributed by atoms with E-state index < -0.39 is 11.2 Å². The van der Waals surface area contributed by atoms with Crippen LogP contribution in [0.1, 0.15) is 98.7 Å². The van der Waals surface area contributed by atoms with E-state index in [0.29, 0.717) is 30.2 Å². The minimum Gasteiger partial charge on any atom is -0.393 e. The number of pyridine rings is 1. The van der Waals surface area contributed by atoms with Crippen molar-refractivity contribution in [1.29, 1.82) is 0 Å². The van der Waals surface area contributed by atoms with Crippen LogP contribution in [0.2, 0.25) is 0 Å². The lowest BCUT2D eigenvalue weighted by Gasteiger charge is -2.44. The molecule has 3 amide bonds. The van der Waals surface area contributed by atoms with Crippen molar-refractivity contribution >= 4 is 44.8 Å². The summed E-state index contributed by atoms with van der Waals surface area (Å²) in [5, 5.41) is 12.8. The van der Waals surface area contributed by atoms with Gasteiger partial charge in [-0.05, 0) is 94.4 Å². The van der Waals surface area contributed by atoms with Crippen LogP contribution in [0.25, 0.3) is 11.1 Å². The van der Waals surface area contributed by atoms with Crippen LogP contribution in [0.5, 0.6) is 0 Å². The Kier molecular flexibility index (Phi) is 10.3. The number of para-hydroxylation sites is 1. The Bertz CT molecular complexity index is 2130. The van der Waals surface area contributed by atoms with Gasteiger partial charge in [-0.3, -0.25) is 19.1 Å². The van der Waals surface area contributed by atoms with E-state index in [0.717, 1.165) is 86.0 Å². The predicted octanol–water partition coefficient (Wildman–Crippen LogP) is 3.05. The molecule has 14 nitrogen and oxygen atoms in total. The summed E-state index contributed by atoms with van der Waals surface area (Å²) in [6.45, 7) is 3.40. The van der Waals surface area contributed by atoms with E-state index in [2.05, 4.69) is 50.6 Å². The van der Waals surface area contributed by atoms with Crippen molar-refractivity contribution in [1.82, 2.24) is 35.2 Å². The van der Waals surface area contributed by atoms with Crippen molar-refractivity contribution in [2.45, 2.75) is 94.2 Å². The molecule has 3 aromatic rings. The maximum Gasteiger partial charge on any atom is 0.272 e. The van der Waals surface area contributed by atoms with E-state index in [1.54, 1.807) is 23.1 Å². The number of hydrogen-bond acceptors (Lipinski definition) is 10. The molecule has 1 unspecified atom stereocenters. The second-order valence-electron chi connectivity index (χ2n) is 16.3. The van der Waals surface area contributed by atoms with Crippen LogP contribution in [-0.4, -0.2) is 97.2 Å². The summed E-state index contributed by atoms with van der Waals surface area (Å²) >= 11 is 0. The van der Waals surface area contributed by atoms with Gasteiger partial charge in [0.15, 0.2) is 0 Å². The molecular formula is C41H51B2N11O3. The quantitative estimate of drug-likeness (QED) is 0.0987. The summed E-state index contributed by atoms with van der Waals surface area (Å²) in [5.74, 6) is -0.587. The summed E-state index contributed by atoms with van der Waals surface area (Å²) in [5.41, 5.74) is 18.7. The maximum atomic E-state index is 13.2. The van der Waals surface area contributed by atoms with Gasteiger partial charge >= 0.3 is 0 Å². The Morgan fingerprint density at radius 1 is 0.982 bits per heavy atom. The number of hydrogen-bond donors (Lipinski definition) is 5. The van der Waals surface area contributed by atoms with Crippen LogP contribution >= 0.6 is 0 Å². The number of likely N-dealkylation sites (tertiary alicyclic amines) is 1. The Labute approximate surface area is 336 Å². The normalized spacial score (nSPS) is 20.6. The molecule has 2 aromatic heterocycles. The van der Waals surface area contributed by atoms with Crippen molar-refractivity contribution in [2.75, 3.05) is 37.4 Å². The maximum absolute atomic E-state index is 13.2. The molecule has 1 atom stereocenters. The first kappa shape index (κ1) is 38.6. The zero-order chi connectivity index (χ0) is 40.2. The van der Waals surface area contributed by atoms with Crippen molar-refractivity contribution in [3.8, 4) is 11.1 Å². The monoisotopic (exact) mass is 767 g/mol. The Hall–Kier alpha value is -5.24. The average molecular weight is 768 g/mol. The third-order valence-corrected chi connectivity index (χ3v) is 12.0. The summed E-state index contributed by atoms with van der Waals surface area (Å²) < 4.78 is 2.18. The number of piperidine rings is 1. The highest BCUT2D eigenvalue weighted by Crippen LogP contribution is 2.50. The second-order valence-corrected chi connectivity index (χ2v) is 16.3. The highest BCUT2D eigenvalue weighted by atomic mass is 16.2. The molecule has 1 aromatic carbocycles. The molecule has 1 saturated heterocycles. The lowest BCUT2D eigenvalue weighted by molar-refractivity contribution is -0.121. The zero-order valence-corrected chi connectivity index (χ0v) is 33.0. The van der Waals surface area contributed by atoms with Crippen LogP contribution in [-0.2, 0) is 14.9 Å². The van der Waals surface area contributed by atoms with Crippen LogP contribution in [0, 0.1) is 5.92 Å². The number of anilines is 2. The number of carbonyl (C=O) groups excluding carboxylic acids is 3. The summed E-state index contributed by atoms with van der Waals surface area (Å²) in [7, 11) is 17.5. The van der Waals surface area contributed by atoms with Gasteiger partial charge in [-0.2, -0.15) is 5.10 Å². The molecule has 4 fully saturated rings. The first-order valence-electron chi connectivity index (χ1n) is 20.2. The number of allylic oxidation sites excluding steroid dienone is 1. The minimum atomic E-state index is -1.35. The van der Waals surface area contributed by atoms with Gasteiger partial charge in [0.25, 0.3) is 11.8 Å². The van der Waals surface area contributed by atoms with Crippen molar-refractivity contribution in [2.24, 2.45) is 17.4 Å². The fourth-order valence-corrected chi connectivity index (χ4v) is 8.20. The molecule has 2 aliphatic heterocycles. The van der Waals surface area contributed by atoms with E-state index in [1.807, 2.05) is 30.3 Å². The summed E-state index contributed by atoms with van der Waals surface area (Å²) in [6, 6.07) is 11.8. The van der Waals surface area contributed by atoms with Crippen molar-refractivity contribution < 1.29 is 14.4 Å². The molecule has 3 aliphatic carbocycles. The van der Waals surface area contributed by atoms with Crippen LogP contribution < -0.4 is 32.3 Å². The number of fused-ring (bicyclic) bond motifs is 3. The lowest BCUT2D eigenvalue weighted by atomic mass is 9.58. The molecule has 57 heavy (non-hydrogen) atoms. The summed E-state index contributed by atoms with van der Waals surface area (Å²) in [4.78, 5) is 49.5. The number of nitrogens with zero attached hydrogens (tertiary/aromatic N) is 6. The van der Waals surface area contributed by atoms with E-state index in [-0.39, 0.29) is 53.4 Å². The minimum absolute atomic E-state index is 0.0151. The first-order valence-corrected chi connectivity index (χ1v) is 20.2. The average Bonchev–Trinajstić information content (AvgIpc) is 4.07. The van der Waals surface area contributed by atoms with Crippen LogP contribution in [0.3, 0.4) is 0 Å². The molecular weight excluding hydrogens is 716 g/mol.